The summed E-state index contributed by atoms with van der Waals surface area (Å²) in [5.74, 6) is -1.81. The number of hydrogen-bond donors (Lipinski definition) is 3. The molecule has 11 nitrogen and oxygen atoms in total. The summed E-state index contributed by atoms with van der Waals surface area (Å²) in [5, 5.41) is 22.5. The molecule has 0 spiro atoms. The van der Waals surface area contributed by atoms with Crippen LogP contribution in [0.5, 0.6) is 5.75 Å². The standard InChI is InChI=1S/C25H28FN5O6/c1-27-14-9-16(31(36)20(32)10-14)12-28-5-7-29(8-6-28)22-19(26)11-17-21(24(22)37-2)30(15-3-4-15)13-18(23(17)33)25(34)35/h9-11,13,15,27,36H,3-8,12H2,1-2H3,(H,34,35). The van der Waals surface area contributed by atoms with Gasteiger partial charge in [0.1, 0.15) is 11.3 Å². The molecule has 1 aliphatic heterocycles. The van der Waals surface area contributed by atoms with E-state index in [0.29, 0.717) is 54.4 Å². The maximum absolute atomic E-state index is 15.5. The zero-order chi connectivity index (χ0) is 26.4. The number of aromatic nitrogens is 2. The third-order valence-corrected chi connectivity index (χ3v) is 7.02. The molecule has 1 saturated heterocycles. The second-order valence-corrected chi connectivity index (χ2v) is 9.35. The van der Waals surface area contributed by atoms with E-state index >= 15 is 4.39 Å². The average molecular weight is 514 g/mol. The highest BCUT2D eigenvalue weighted by Crippen LogP contribution is 2.43. The zero-order valence-corrected chi connectivity index (χ0v) is 20.5. The van der Waals surface area contributed by atoms with E-state index < -0.39 is 28.3 Å². The molecule has 1 aliphatic carbocycles. The summed E-state index contributed by atoms with van der Waals surface area (Å²) in [7, 11) is 3.10. The number of carbonyl (C=O) groups is 1. The number of nitrogens with one attached hydrogen (secondary N) is 1. The molecule has 1 saturated carbocycles. The number of aromatic carboxylic acids is 1. The van der Waals surface area contributed by atoms with Crippen molar-refractivity contribution in [2.75, 3.05) is 50.6 Å². The first-order chi connectivity index (χ1) is 17.7. The van der Waals surface area contributed by atoms with E-state index in [9.17, 15) is 24.7 Å². The Bertz CT molecular complexity index is 1500. The minimum atomic E-state index is -1.35. The van der Waals surface area contributed by atoms with E-state index in [0.717, 1.165) is 18.9 Å². The van der Waals surface area contributed by atoms with Crippen molar-refractivity contribution >= 4 is 28.2 Å². The molecule has 3 heterocycles. The molecule has 3 N–H and O–H groups in total. The minimum Gasteiger partial charge on any atom is -0.492 e. The molecule has 2 fully saturated rings. The van der Waals surface area contributed by atoms with Crippen LogP contribution in [-0.2, 0) is 6.54 Å². The first kappa shape index (κ1) is 24.6. The van der Waals surface area contributed by atoms with Gasteiger partial charge in [-0.15, -0.1) is 0 Å². The molecule has 5 rings (SSSR count). The van der Waals surface area contributed by atoms with E-state index in [2.05, 4.69) is 5.32 Å². The molecular weight excluding hydrogens is 485 g/mol. The summed E-state index contributed by atoms with van der Waals surface area (Å²) in [6, 6.07) is 4.13. The number of anilines is 2. The van der Waals surface area contributed by atoms with Crippen LogP contribution in [0.1, 0.15) is 34.9 Å². The lowest BCUT2D eigenvalue weighted by Crippen LogP contribution is -2.47. The highest BCUT2D eigenvalue weighted by molar-refractivity contribution is 5.97. The van der Waals surface area contributed by atoms with Crippen LogP contribution in [0.3, 0.4) is 0 Å². The number of halogens is 1. The number of nitrogens with zero attached hydrogens (tertiary/aromatic N) is 4. The molecule has 1 aromatic carbocycles. The number of ether oxygens (including phenoxy) is 1. The summed E-state index contributed by atoms with van der Waals surface area (Å²) >= 11 is 0. The number of hydrogen-bond acceptors (Lipinski definition) is 8. The summed E-state index contributed by atoms with van der Waals surface area (Å²) in [6.07, 6.45) is 2.99. The van der Waals surface area contributed by atoms with Crippen LogP contribution >= 0.6 is 0 Å². The molecule has 12 heteroatoms. The van der Waals surface area contributed by atoms with Crippen LogP contribution in [-0.4, -0.2) is 70.8 Å². The van der Waals surface area contributed by atoms with E-state index in [1.807, 2.05) is 9.80 Å². The van der Waals surface area contributed by atoms with Crippen molar-refractivity contribution in [2.24, 2.45) is 0 Å². The van der Waals surface area contributed by atoms with Crippen LogP contribution in [0.25, 0.3) is 10.9 Å². The average Bonchev–Trinajstić information content (AvgIpc) is 3.72. The van der Waals surface area contributed by atoms with E-state index in [1.165, 1.54) is 19.4 Å². The summed E-state index contributed by atoms with van der Waals surface area (Å²) < 4.78 is 23.5. The molecule has 0 unspecified atom stereocenters. The van der Waals surface area contributed by atoms with Gasteiger partial charge >= 0.3 is 5.97 Å². The van der Waals surface area contributed by atoms with Gasteiger partial charge in [0, 0.05) is 63.8 Å². The molecule has 3 aromatic rings. The molecule has 0 amide bonds. The fraction of sp³-hybridized carbons (Fsp3) is 0.400. The maximum atomic E-state index is 15.5. The molecular formula is C25H28FN5O6. The molecule has 0 bridgehead atoms. The number of pyridine rings is 2. The molecule has 0 radical (unpaired) electrons. The number of rotatable bonds is 7. The number of benzene rings is 1. The number of fused-ring (bicyclic) bond motifs is 1. The van der Waals surface area contributed by atoms with Crippen molar-refractivity contribution in [3.05, 3.63) is 62.0 Å². The molecule has 2 aromatic heterocycles. The van der Waals surface area contributed by atoms with Crippen LogP contribution < -0.4 is 25.9 Å². The first-order valence-corrected chi connectivity index (χ1v) is 12.0. The van der Waals surface area contributed by atoms with Gasteiger partial charge in [0.05, 0.1) is 23.7 Å². The smallest absolute Gasteiger partial charge is 0.341 e. The Morgan fingerprint density at radius 3 is 2.46 bits per heavy atom. The maximum Gasteiger partial charge on any atom is 0.341 e. The van der Waals surface area contributed by atoms with Crippen LogP contribution in [0.4, 0.5) is 15.8 Å². The van der Waals surface area contributed by atoms with Crippen molar-refractivity contribution < 1.29 is 24.2 Å². The predicted octanol–water partition coefficient (Wildman–Crippen LogP) is 1.95. The third kappa shape index (κ3) is 4.37. The quantitative estimate of drug-likeness (QED) is 0.406. The third-order valence-electron chi connectivity index (χ3n) is 7.02. The van der Waals surface area contributed by atoms with Crippen molar-refractivity contribution in [1.82, 2.24) is 14.2 Å². The summed E-state index contributed by atoms with van der Waals surface area (Å²) in [6.45, 7) is 2.23. The number of carboxylic acid groups (broad SMARTS) is 1. The Morgan fingerprint density at radius 1 is 1.16 bits per heavy atom. The molecule has 37 heavy (non-hydrogen) atoms. The first-order valence-electron chi connectivity index (χ1n) is 12.0. The zero-order valence-electron chi connectivity index (χ0n) is 20.5. The molecule has 0 atom stereocenters. The lowest BCUT2D eigenvalue weighted by molar-refractivity contribution is 0.0694. The van der Waals surface area contributed by atoms with E-state index in [4.69, 9.17) is 4.74 Å². The van der Waals surface area contributed by atoms with Gasteiger partial charge in [-0.3, -0.25) is 14.5 Å². The monoisotopic (exact) mass is 513 g/mol. The number of methoxy groups -OCH3 is 1. The minimum absolute atomic E-state index is 0.0196. The second kappa shape index (κ2) is 9.43. The predicted molar refractivity (Wildman–Crippen MR) is 135 cm³/mol. The summed E-state index contributed by atoms with van der Waals surface area (Å²) in [4.78, 5) is 40.5. The fourth-order valence-corrected chi connectivity index (χ4v) is 4.96. The second-order valence-electron chi connectivity index (χ2n) is 9.35. The van der Waals surface area contributed by atoms with Crippen LogP contribution in [0, 0.1) is 5.82 Å². The highest BCUT2D eigenvalue weighted by Gasteiger charge is 2.32. The Hall–Kier alpha value is -4.06. The van der Waals surface area contributed by atoms with Gasteiger partial charge in [0.2, 0.25) is 5.43 Å². The van der Waals surface area contributed by atoms with Gasteiger partial charge in [0.25, 0.3) is 5.56 Å². The fourth-order valence-electron chi connectivity index (χ4n) is 4.96. The largest absolute Gasteiger partial charge is 0.492 e. The van der Waals surface area contributed by atoms with Crippen molar-refractivity contribution in [2.45, 2.75) is 25.4 Å². The summed E-state index contributed by atoms with van der Waals surface area (Å²) in [5.41, 5.74) is -0.0214. The van der Waals surface area contributed by atoms with Gasteiger partial charge in [-0.25, -0.2) is 9.18 Å². The van der Waals surface area contributed by atoms with Gasteiger partial charge in [-0.1, -0.05) is 0 Å². The molecule has 2 aliphatic rings. The van der Waals surface area contributed by atoms with Gasteiger partial charge in [-0.05, 0) is 25.0 Å². The SMILES string of the molecule is CNc1cc(CN2CCN(c3c(F)cc4c(=O)c(C(=O)O)cn(C5CC5)c4c3OC)CC2)n(O)c(=O)c1. The van der Waals surface area contributed by atoms with Crippen molar-refractivity contribution in [3.63, 3.8) is 0 Å². The lowest BCUT2D eigenvalue weighted by Gasteiger charge is -2.37. The Balaban J connectivity index is 1.47. The van der Waals surface area contributed by atoms with Crippen molar-refractivity contribution in [3.8, 4) is 5.75 Å². The van der Waals surface area contributed by atoms with Crippen molar-refractivity contribution in [1.29, 1.82) is 0 Å². The van der Waals surface area contributed by atoms with Crippen LogP contribution in [0.15, 0.2) is 34.0 Å². The Labute approximate surface area is 210 Å². The van der Waals surface area contributed by atoms with Gasteiger partial charge < -0.3 is 29.8 Å². The highest BCUT2D eigenvalue weighted by atomic mass is 19.1. The van der Waals surface area contributed by atoms with E-state index in [1.54, 1.807) is 17.7 Å². The number of carboxylic acids is 1. The Morgan fingerprint density at radius 2 is 1.86 bits per heavy atom. The van der Waals surface area contributed by atoms with Gasteiger partial charge in [0.15, 0.2) is 11.6 Å². The van der Waals surface area contributed by atoms with Crippen LogP contribution in [0.2, 0.25) is 0 Å². The van der Waals surface area contributed by atoms with Gasteiger partial charge in [-0.2, -0.15) is 4.73 Å². The van der Waals surface area contributed by atoms with E-state index in [-0.39, 0.29) is 22.9 Å². The lowest BCUT2D eigenvalue weighted by atomic mass is 10.1. The normalized spacial score (nSPS) is 16.2. The Kier molecular flexibility index (Phi) is 6.28. The molecule has 196 valence electrons. The topological polar surface area (TPSA) is 129 Å². The number of piperazine rings is 1.